The molecule has 1 atom stereocenters. The number of anilines is 1. The number of imide groups is 1. The Morgan fingerprint density at radius 3 is 2.52 bits per heavy atom. The van der Waals surface area contributed by atoms with Crippen molar-refractivity contribution in [2.24, 2.45) is 0 Å². The van der Waals surface area contributed by atoms with Crippen molar-refractivity contribution >= 4 is 40.3 Å². The van der Waals surface area contributed by atoms with Gasteiger partial charge in [0.15, 0.2) is 11.2 Å². The van der Waals surface area contributed by atoms with Crippen LogP contribution in [0.4, 0.5) is 9.93 Å². The van der Waals surface area contributed by atoms with Gasteiger partial charge in [-0.25, -0.2) is 9.78 Å². The van der Waals surface area contributed by atoms with Crippen molar-refractivity contribution < 1.29 is 23.9 Å². The van der Waals surface area contributed by atoms with Crippen LogP contribution in [-0.4, -0.2) is 51.9 Å². The predicted molar refractivity (Wildman–Crippen MR) is 115 cm³/mol. The molecule has 10 heteroatoms. The third kappa shape index (κ3) is 5.08. The van der Waals surface area contributed by atoms with Gasteiger partial charge in [0.1, 0.15) is 12.1 Å². The van der Waals surface area contributed by atoms with Gasteiger partial charge in [0, 0.05) is 10.9 Å². The number of nitrogens with zero attached hydrogens (tertiary/aromatic N) is 2. The Kier molecular flexibility index (Phi) is 6.40. The van der Waals surface area contributed by atoms with Gasteiger partial charge in [-0.3, -0.25) is 24.6 Å². The number of esters is 1. The first-order valence-electron chi connectivity index (χ1n) is 9.80. The minimum atomic E-state index is -1.13. The van der Waals surface area contributed by atoms with Gasteiger partial charge in [-0.2, -0.15) is 0 Å². The molecule has 2 N–H and O–H groups in total. The lowest BCUT2D eigenvalue weighted by Gasteiger charge is -2.17. The third-order valence-electron chi connectivity index (χ3n) is 4.80. The Hall–Kier alpha value is -3.27. The first-order valence-corrected chi connectivity index (χ1v) is 10.7. The smallest absolute Gasteiger partial charge is 0.327 e. The zero-order chi connectivity index (χ0) is 22.8. The monoisotopic (exact) mass is 444 g/mol. The summed E-state index contributed by atoms with van der Waals surface area (Å²) in [5, 5.41) is 7.29. The molecule has 1 aromatic carbocycles. The van der Waals surface area contributed by atoms with E-state index in [1.54, 1.807) is 0 Å². The Balaban J connectivity index is 1.55. The number of rotatable bonds is 7. The molecule has 1 fully saturated rings. The predicted octanol–water partition coefficient (Wildman–Crippen LogP) is 2.57. The molecule has 0 saturated carbocycles. The summed E-state index contributed by atoms with van der Waals surface area (Å²) in [7, 11) is 0. The van der Waals surface area contributed by atoms with E-state index >= 15 is 0 Å². The second-order valence-corrected chi connectivity index (χ2v) is 8.51. The lowest BCUT2D eigenvalue weighted by atomic mass is 10.1. The molecule has 1 aromatic heterocycles. The highest BCUT2D eigenvalue weighted by Crippen LogP contribution is 2.25. The Bertz CT molecular complexity index is 1020. The van der Waals surface area contributed by atoms with E-state index in [9.17, 15) is 19.2 Å². The van der Waals surface area contributed by atoms with E-state index in [1.807, 2.05) is 29.6 Å². The maximum atomic E-state index is 12.4. The second-order valence-electron chi connectivity index (χ2n) is 7.66. The number of hydrogen-bond donors (Lipinski definition) is 2. The number of benzene rings is 1. The SMILES string of the molecule is CCc1ccc(-c2csc(NC(=O)[C@H](C)OC(=O)CN3C(=O)NC(C)(C)C3=O)n2)cc1. The Morgan fingerprint density at radius 1 is 1.26 bits per heavy atom. The van der Waals surface area contributed by atoms with E-state index in [2.05, 4.69) is 22.5 Å². The third-order valence-corrected chi connectivity index (χ3v) is 5.56. The first kappa shape index (κ1) is 22.4. The quantitative estimate of drug-likeness (QED) is 0.501. The number of urea groups is 1. The van der Waals surface area contributed by atoms with Crippen molar-refractivity contribution in [2.75, 3.05) is 11.9 Å². The molecule has 1 aliphatic rings. The summed E-state index contributed by atoms with van der Waals surface area (Å²) in [4.78, 5) is 53.6. The first-order chi connectivity index (χ1) is 14.6. The summed E-state index contributed by atoms with van der Waals surface area (Å²) in [5.74, 6) is -1.96. The molecule has 0 bridgehead atoms. The molecule has 164 valence electrons. The molecule has 1 aliphatic heterocycles. The number of nitrogens with one attached hydrogen (secondary N) is 2. The number of carbonyl (C=O) groups excluding carboxylic acids is 4. The molecule has 0 radical (unpaired) electrons. The van der Waals surface area contributed by atoms with Gasteiger partial charge in [-0.1, -0.05) is 31.2 Å². The van der Waals surface area contributed by atoms with Gasteiger partial charge in [0.05, 0.1) is 5.69 Å². The molecule has 3 rings (SSSR count). The van der Waals surface area contributed by atoms with Gasteiger partial charge in [-0.05, 0) is 32.8 Å². The second kappa shape index (κ2) is 8.84. The summed E-state index contributed by atoms with van der Waals surface area (Å²) in [6.45, 7) is 5.99. The van der Waals surface area contributed by atoms with Gasteiger partial charge >= 0.3 is 12.0 Å². The van der Waals surface area contributed by atoms with Crippen molar-refractivity contribution in [3.63, 3.8) is 0 Å². The van der Waals surface area contributed by atoms with Crippen LogP contribution in [0.5, 0.6) is 0 Å². The lowest BCUT2D eigenvalue weighted by Crippen LogP contribution is -2.42. The highest BCUT2D eigenvalue weighted by Gasteiger charge is 2.45. The highest BCUT2D eigenvalue weighted by atomic mass is 32.1. The average Bonchev–Trinajstić information content (AvgIpc) is 3.26. The Morgan fingerprint density at radius 2 is 1.94 bits per heavy atom. The van der Waals surface area contributed by atoms with E-state index in [-0.39, 0.29) is 0 Å². The Labute approximate surface area is 183 Å². The van der Waals surface area contributed by atoms with E-state index < -0.39 is 42.0 Å². The van der Waals surface area contributed by atoms with E-state index in [0.717, 1.165) is 22.6 Å². The van der Waals surface area contributed by atoms with E-state index in [1.165, 1.54) is 37.7 Å². The minimum Gasteiger partial charge on any atom is -0.451 e. The van der Waals surface area contributed by atoms with Gasteiger partial charge in [0.25, 0.3) is 11.8 Å². The number of ether oxygens (including phenoxy) is 1. The molecule has 4 amide bonds. The maximum absolute atomic E-state index is 12.4. The number of amides is 4. The van der Waals surface area contributed by atoms with Crippen molar-refractivity contribution in [1.29, 1.82) is 0 Å². The molecule has 31 heavy (non-hydrogen) atoms. The van der Waals surface area contributed by atoms with E-state index in [4.69, 9.17) is 4.74 Å². The van der Waals surface area contributed by atoms with Gasteiger partial charge in [0.2, 0.25) is 0 Å². The molecular weight excluding hydrogens is 420 g/mol. The number of aromatic nitrogens is 1. The maximum Gasteiger partial charge on any atom is 0.327 e. The van der Waals surface area contributed by atoms with Gasteiger partial charge in [-0.15, -0.1) is 11.3 Å². The van der Waals surface area contributed by atoms with Crippen LogP contribution in [0.1, 0.15) is 33.3 Å². The number of hydrogen-bond acceptors (Lipinski definition) is 7. The van der Waals surface area contributed by atoms with Gasteiger partial charge < -0.3 is 10.1 Å². The molecular formula is C21H24N4O5S. The van der Waals surface area contributed by atoms with Crippen LogP contribution >= 0.6 is 11.3 Å². The fourth-order valence-electron chi connectivity index (χ4n) is 2.96. The van der Waals surface area contributed by atoms with Crippen LogP contribution < -0.4 is 10.6 Å². The fraction of sp³-hybridized carbons (Fsp3) is 0.381. The summed E-state index contributed by atoms with van der Waals surface area (Å²) in [6, 6.07) is 7.33. The van der Waals surface area contributed by atoms with Crippen LogP contribution in [0.15, 0.2) is 29.6 Å². The van der Waals surface area contributed by atoms with Crippen LogP contribution in [0.25, 0.3) is 11.3 Å². The summed E-state index contributed by atoms with van der Waals surface area (Å²) in [5.41, 5.74) is 1.80. The van der Waals surface area contributed by atoms with Crippen molar-refractivity contribution in [3.8, 4) is 11.3 Å². The van der Waals surface area contributed by atoms with Crippen molar-refractivity contribution in [3.05, 3.63) is 35.2 Å². The van der Waals surface area contributed by atoms with Crippen molar-refractivity contribution in [2.45, 2.75) is 45.8 Å². The molecule has 0 aliphatic carbocycles. The molecule has 0 spiro atoms. The zero-order valence-electron chi connectivity index (χ0n) is 17.7. The molecule has 9 nitrogen and oxygen atoms in total. The molecule has 2 aromatic rings. The average molecular weight is 445 g/mol. The zero-order valence-corrected chi connectivity index (χ0v) is 18.5. The van der Waals surface area contributed by atoms with Crippen molar-refractivity contribution in [1.82, 2.24) is 15.2 Å². The fourth-order valence-corrected chi connectivity index (χ4v) is 3.68. The molecule has 1 saturated heterocycles. The molecule has 0 unspecified atom stereocenters. The number of carbonyl (C=O) groups is 4. The number of aryl methyl sites for hydroxylation is 1. The highest BCUT2D eigenvalue weighted by molar-refractivity contribution is 7.14. The number of thiazole rings is 1. The minimum absolute atomic E-state index is 0.373. The topological polar surface area (TPSA) is 118 Å². The van der Waals surface area contributed by atoms with Crippen LogP contribution in [0.3, 0.4) is 0 Å². The van der Waals surface area contributed by atoms with E-state index in [0.29, 0.717) is 5.13 Å². The van der Waals surface area contributed by atoms with Crippen LogP contribution in [0.2, 0.25) is 0 Å². The molecule has 2 heterocycles. The normalized spacial score (nSPS) is 16.1. The summed E-state index contributed by atoms with van der Waals surface area (Å²) in [6.07, 6.45) is -0.179. The van der Waals surface area contributed by atoms with Crippen LogP contribution in [-0.2, 0) is 25.5 Å². The van der Waals surface area contributed by atoms with Crippen LogP contribution in [0, 0.1) is 0 Å². The summed E-state index contributed by atoms with van der Waals surface area (Å²) >= 11 is 1.26. The largest absolute Gasteiger partial charge is 0.451 e. The summed E-state index contributed by atoms with van der Waals surface area (Å²) < 4.78 is 5.08. The standard InChI is InChI=1S/C21H24N4O5S/c1-5-13-6-8-14(9-7-13)15-11-31-19(22-15)23-17(27)12(2)30-16(26)10-25-18(28)21(3,4)24-20(25)29/h6-9,11-12H,5,10H2,1-4H3,(H,24,29)(H,22,23,27)/t12-/m0/s1. The lowest BCUT2D eigenvalue weighted by molar-refractivity contribution is -0.155.